The first-order valence-electron chi connectivity index (χ1n) is 5.74. The van der Waals surface area contributed by atoms with Crippen LogP contribution in [-0.4, -0.2) is 8.42 Å². The number of aryl methyl sites for hydroxylation is 1. The molecule has 0 aliphatic carbocycles. The minimum atomic E-state index is -3.49. The fourth-order valence-corrected chi connectivity index (χ4v) is 3.85. The van der Waals surface area contributed by atoms with Gasteiger partial charge in [0.05, 0.1) is 4.90 Å². The zero-order chi connectivity index (χ0) is 13.9. The van der Waals surface area contributed by atoms with Crippen molar-refractivity contribution in [1.29, 1.82) is 0 Å². The van der Waals surface area contributed by atoms with Gasteiger partial charge in [-0.25, -0.2) is 8.42 Å². The number of hydrogen-bond acceptors (Lipinski definition) is 3. The zero-order valence-electron chi connectivity index (χ0n) is 10.5. The molecule has 0 aliphatic rings. The molecule has 0 aromatic heterocycles. The molecular weight excluding hydrogens is 276 g/mol. The predicted octanol–water partition coefficient (Wildman–Crippen LogP) is 4.03. The molecule has 2 aromatic carbocycles. The average molecular weight is 290 g/mol. The van der Waals surface area contributed by atoms with E-state index in [0.717, 1.165) is 10.5 Å². The van der Waals surface area contributed by atoms with Crippen molar-refractivity contribution in [1.82, 2.24) is 0 Å². The summed E-state index contributed by atoms with van der Waals surface area (Å²) in [6, 6.07) is 16.1. The summed E-state index contributed by atoms with van der Waals surface area (Å²) in [5.74, 6) is 0. The van der Waals surface area contributed by atoms with Crippen LogP contribution in [-0.2, 0) is 9.84 Å². The van der Waals surface area contributed by atoms with Crippen LogP contribution >= 0.6 is 11.8 Å². The molecule has 0 amide bonds. The Bertz CT molecular complexity index is 672. The van der Waals surface area contributed by atoms with Crippen molar-refractivity contribution < 1.29 is 8.42 Å². The van der Waals surface area contributed by atoms with E-state index in [9.17, 15) is 8.42 Å². The van der Waals surface area contributed by atoms with Crippen LogP contribution < -0.4 is 0 Å². The first-order chi connectivity index (χ1) is 9.00. The van der Waals surface area contributed by atoms with Gasteiger partial charge >= 0.3 is 0 Å². The Balaban J connectivity index is 2.25. The quantitative estimate of drug-likeness (QED) is 0.797. The largest absolute Gasteiger partial charge is 0.218 e. The lowest BCUT2D eigenvalue weighted by Crippen LogP contribution is -2.01. The molecule has 0 bridgehead atoms. The molecule has 0 N–H and O–H groups in total. The lowest BCUT2D eigenvalue weighted by molar-refractivity contribution is 0.604. The SMILES string of the molecule is C=C(Sc1ccccc1)S(=O)(=O)c1ccc(C)cc1. The number of thioether (sulfide) groups is 1. The van der Waals surface area contributed by atoms with Crippen molar-refractivity contribution in [2.75, 3.05) is 0 Å². The van der Waals surface area contributed by atoms with Crippen LogP contribution in [0.25, 0.3) is 0 Å². The van der Waals surface area contributed by atoms with Gasteiger partial charge in [-0.1, -0.05) is 54.2 Å². The Hall–Kier alpha value is -1.52. The van der Waals surface area contributed by atoms with Gasteiger partial charge in [0.2, 0.25) is 9.84 Å². The van der Waals surface area contributed by atoms with E-state index >= 15 is 0 Å². The molecule has 4 heteroatoms. The van der Waals surface area contributed by atoms with Crippen molar-refractivity contribution in [3.63, 3.8) is 0 Å². The highest BCUT2D eigenvalue weighted by atomic mass is 32.3. The van der Waals surface area contributed by atoms with E-state index in [1.54, 1.807) is 24.3 Å². The first-order valence-corrected chi connectivity index (χ1v) is 8.04. The molecular formula is C15H14O2S2. The molecule has 19 heavy (non-hydrogen) atoms. The summed E-state index contributed by atoms with van der Waals surface area (Å²) >= 11 is 1.17. The maximum Gasteiger partial charge on any atom is 0.212 e. The standard InChI is InChI=1S/C15H14O2S2/c1-12-8-10-15(11-9-12)19(16,17)13(2)18-14-6-4-3-5-7-14/h3-11H,2H2,1H3. The molecule has 0 radical (unpaired) electrons. The van der Waals surface area contributed by atoms with Gasteiger partial charge in [0.25, 0.3) is 0 Å². The zero-order valence-corrected chi connectivity index (χ0v) is 12.2. The molecule has 0 saturated heterocycles. The fraction of sp³-hybridized carbons (Fsp3) is 0.0667. The van der Waals surface area contributed by atoms with Gasteiger partial charge in [0.15, 0.2) is 0 Å². The number of sulfone groups is 1. The van der Waals surface area contributed by atoms with E-state index in [2.05, 4.69) is 6.58 Å². The third-order valence-electron chi connectivity index (χ3n) is 2.61. The van der Waals surface area contributed by atoms with E-state index in [4.69, 9.17) is 0 Å². The van der Waals surface area contributed by atoms with Gasteiger partial charge in [-0.3, -0.25) is 0 Å². The van der Waals surface area contributed by atoms with Crippen molar-refractivity contribution in [2.24, 2.45) is 0 Å². The second-order valence-corrected chi connectivity index (χ2v) is 7.50. The molecule has 2 aromatic rings. The summed E-state index contributed by atoms with van der Waals surface area (Å²) in [5, 5.41) is 0. The van der Waals surface area contributed by atoms with Crippen LogP contribution in [0.2, 0.25) is 0 Å². The second kappa shape index (κ2) is 5.63. The minimum Gasteiger partial charge on any atom is -0.218 e. The molecule has 0 unspecified atom stereocenters. The van der Waals surface area contributed by atoms with E-state index in [1.807, 2.05) is 37.3 Å². The molecule has 0 fully saturated rings. The lowest BCUT2D eigenvalue weighted by atomic mass is 10.2. The molecule has 0 aliphatic heterocycles. The third-order valence-corrected chi connectivity index (χ3v) is 5.74. The highest BCUT2D eigenvalue weighted by molar-refractivity contribution is 8.18. The van der Waals surface area contributed by atoms with Crippen LogP contribution in [0.15, 0.2) is 75.2 Å². The van der Waals surface area contributed by atoms with Crippen LogP contribution in [0.5, 0.6) is 0 Å². The smallest absolute Gasteiger partial charge is 0.212 e. The summed E-state index contributed by atoms with van der Waals surface area (Å²) in [4.78, 5) is 1.15. The number of benzene rings is 2. The van der Waals surface area contributed by atoms with Gasteiger partial charge in [-0.15, -0.1) is 0 Å². The summed E-state index contributed by atoms with van der Waals surface area (Å²) in [6.07, 6.45) is 0. The molecule has 2 rings (SSSR count). The van der Waals surface area contributed by atoms with Crippen LogP contribution in [0.1, 0.15) is 5.56 Å². The molecule has 98 valence electrons. The summed E-state index contributed by atoms with van der Waals surface area (Å²) < 4.78 is 24.8. The maximum atomic E-state index is 12.3. The van der Waals surface area contributed by atoms with Crippen LogP contribution in [0.3, 0.4) is 0 Å². The fourth-order valence-electron chi connectivity index (χ4n) is 1.52. The molecule has 0 atom stereocenters. The highest BCUT2D eigenvalue weighted by Crippen LogP contribution is 2.32. The van der Waals surface area contributed by atoms with Gasteiger partial charge in [-0.05, 0) is 31.2 Å². The molecule has 0 heterocycles. The molecule has 2 nitrogen and oxygen atoms in total. The Kier molecular flexibility index (Phi) is 4.12. The maximum absolute atomic E-state index is 12.3. The predicted molar refractivity (Wildman–Crippen MR) is 79.8 cm³/mol. The average Bonchev–Trinajstić information content (AvgIpc) is 2.40. The Morgan fingerprint density at radius 2 is 1.58 bits per heavy atom. The van der Waals surface area contributed by atoms with Gasteiger partial charge in [0, 0.05) is 4.90 Å². The third kappa shape index (κ3) is 3.28. The van der Waals surface area contributed by atoms with Crippen LogP contribution in [0, 0.1) is 6.92 Å². The summed E-state index contributed by atoms with van der Waals surface area (Å²) in [7, 11) is -3.49. The molecule has 0 spiro atoms. The molecule has 0 saturated carbocycles. The summed E-state index contributed by atoms with van der Waals surface area (Å²) in [5.41, 5.74) is 1.03. The van der Waals surface area contributed by atoms with Crippen LogP contribution in [0.4, 0.5) is 0 Å². The Labute approximate surface area is 118 Å². The topological polar surface area (TPSA) is 34.1 Å². The van der Waals surface area contributed by atoms with Crippen molar-refractivity contribution in [3.05, 3.63) is 71.0 Å². The van der Waals surface area contributed by atoms with Gasteiger partial charge < -0.3 is 0 Å². The number of hydrogen-bond donors (Lipinski definition) is 0. The van der Waals surface area contributed by atoms with Crippen molar-refractivity contribution >= 4 is 21.6 Å². The highest BCUT2D eigenvalue weighted by Gasteiger charge is 2.19. The summed E-state index contributed by atoms with van der Waals surface area (Å²) in [6.45, 7) is 5.62. The van der Waals surface area contributed by atoms with Gasteiger partial charge in [-0.2, -0.15) is 0 Å². The van der Waals surface area contributed by atoms with Crippen molar-refractivity contribution in [2.45, 2.75) is 16.7 Å². The van der Waals surface area contributed by atoms with E-state index in [1.165, 1.54) is 11.8 Å². The van der Waals surface area contributed by atoms with Gasteiger partial charge in [0.1, 0.15) is 4.24 Å². The monoisotopic (exact) mass is 290 g/mol. The lowest BCUT2D eigenvalue weighted by Gasteiger charge is -2.07. The van der Waals surface area contributed by atoms with E-state index in [-0.39, 0.29) is 9.13 Å². The van der Waals surface area contributed by atoms with E-state index in [0.29, 0.717) is 0 Å². The second-order valence-electron chi connectivity index (χ2n) is 4.10. The van der Waals surface area contributed by atoms with Crippen molar-refractivity contribution in [3.8, 4) is 0 Å². The Morgan fingerprint density at radius 3 is 2.16 bits per heavy atom. The van der Waals surface area contributed by atoms with E-state index < -0.39 is 9.84 Å². The Morgan fingerprint density at radius 1 is 1.00 bits per heavy atom. The number of rotatable bonds is 4. The first kappa shape index (κ1) is 13.9. The minimum absolute atomic E-state index is 0.141. The normalized spacial score (nSPS) is 11.2.